The molecule has 1 aromatic carbocycles. The molecule has 128 valence electrons. The Bertz CT molecular complexity index is 807. The maximum atomic E-state index is 12.5. The zero-order chi connectivity index (χ0) is 17.2. The second kappa shape index (κ2) is 6.86. The standard InChI is InChI=1S/C17H22N4O2S/c1-21(2)17-18-11-14-15(19-17)9-6-10-16(14)20-24(22,23)12-13-7-4-3-5-8-13/h3-5,7-8,11,16,20H,6,9-10,12H2,1-2H3. The number of rotatable bonds is 5. The molecule has 0 fully saturated rings. The number of benzene rings is 1. The Balaban J connectivity index is 1.79. The normalized spacial score (nSPS) is 17.3. The highest BCUT2D eigenvalue weighted by molar-refractivity contribution is 7.88. The van der Waals surface area contributed by atoms with Crippen molar-refractivity contribution in [3.05, 3.63) is 53.3 Å². The minimum Gasteiger partial charge on any atom is -0.347 e. The van der Waals surface area contributed by atoms with Crippen LogP contribution in [0.1, 0.15) is 35.7 Å². The lowest BCUT2D eigenvalue weighted by atomic mass is 9.93. The van der Waals surface area contributed by atoms with Crippen LogP contribution in [0, 0.1) is 0 Å². The summed E-state index contributed by atoms with van der Waals surface area (Å²) in [5.74, 6) is 0.637. The highest BCUT2D eigenvalue weighted by atomic mass is 32.2. The molecule has 2 aromatic rings. The van der Waals surface area contributed by atoms with Crippen LogP contribution in [0.3, 0.4) is 0 Å². The summed E-state index contributed by atoms with van der Waals surface area (Å²) in [5, 5.41) is 0. The van der Waals surface area contributed by atoms with Gasteiger partial charge in [0.2, 0.25) is 16.0 Å². The van der Waals surface area contributed by atoms with Gasteiger partial charge in [0.1, 0.15) is 0 Å². The first-order valence-corrected chi connectivity index (χ1v) is 9.67. The second-order valence-corrected chi connectivity index (χ2v) is 8.03. The van der Waals surface area contributed by atoms with Gasteiger partial charge in [0, 0.05) is 31.9 Å². The van der Waals surface area contributed by atoms with Crippen LogP contribution in [-0.2, 0) is 22.2 Å². The minimum absolute atomic E-state index is 0.0175. The minimum atomic E-state index is -3.42. The fraction of sp³-hybridized carbons (Fsp3) is 0.412. The fourth-order valence-electron chi connectivity index (χ4n) is 2.93. The molecule has 0 saturated heterocycles. The lowest BCUT2D eigenvalue weighted by Gasteiger charge is -2.26. The molecule has 0 radical (unpaired) electrons. The van der Waals surface area contributed by atoms with Gasteiger partial charge in [-0.05, 0) is 24.8 Å². The van der Waals surface area contributed by atoms with Gasteiger partial charge in [-0.2, -0.15) is 0 Å². The molecule has 1 aliphatic rings. The van der Waals surface area contributed by atoms with E-state index >= 15 is 0 Å². The van der Waals surface area contributed by atoms with E-state index in [1.807, 2.05) is 49.3 Å². The van der Waals surface area contributed by atoms with Crippen LogP contribution in [0.15, 0.2) is 36.5 Å². The first-order valence-electron chi connectivity index (χ1n) is 8.02. The Kier molecular flexibility index (Phi) is 4.82. The SMILES string of the molecule is CN(C)c1ncc2c(n1)CCCC2NS(=O)(=O)Cc1ccccc1. The summed E-state index contributed by atoms with van der Waals surface area (Å²) < 4.78 is 27.8. The number of fused-ring (bicyclic) bond motifs is 1. The smallest absolute Gasteiger partial charge is 0.225 e. The van der Waals surface area contributed by atoms with Crippen molar-refractivity contribution in [1.29, 1.82) is 0 Å². The molecule has 1 aliphatic carbocycles. The van der Waals surface area contributed by atoms with E-state index in [4.69, 9.17) is 0 Å². The van der Waals surface area contributed by atoms with Crippen LogP contribution >= 0.6 is 0 Å². The summed E-state index contributed by atoms with van der Waals surface area (Å²) in [6, 6.07) is 8.95. The van der Waals surface area contributed by atoms with Gasteiger partial charge >= 0.3 is 0 Å². The van der Waals surface area contributed by atoms with Crippen molar-refractivity contribution in [3.63, 3.8) is 0 Å². The third-order valence-electron chi connectivity index (χ3n) is 4.09. The predicted octanol–water partition coefficient (Wildman–Crippen LogP) is 2.04. The van der Waals surface area contributed by atoms with Crippen LogP contribution in [-0.4, -0.2) is 32.5 Å². The summed E-state index contributed by atoms with van der Waals surface area (Å²) in [6.45, 7) is 0. The molecule has 3 rings (SSSR count). The Morgan fingerprint density at radius 1 is 1.25 bits per heavy atom. The Labute approximate surface area is 143 Å². The average molecular weight is 346 g/mol. The van der Waals surface area contributed by atoms with E-state index in [2.05, 4.69) is 14.7 Å². The molecular formula is C17H22N4O2S. The van der Waals surface area contributed by atoms with E-state index in [-0.39, 0.29) is 11.8 Å². The zero-order valence-corrected chi connectivity index (χ0v) is 14.8. The first-order chi connectivity index (χ1) is 11.4. The first kappa shape index (κ1) is 16.9. The Morgan fingerprint density at radius 2 is 2.00 bits per heavy atom. The van der Waals surface area contributed by atoms with Gasteiger partial charge in [0.15, 0.2) is 0 Å². The summed E-state index contributed by atoms with van der Waals surface area (Å²) in [6.07, 6.45) is 4.29. The molecule has 0 amide bonds. The van der Waals surface area contributed by atoms with E-state index in [9.17, 15) is 8.42 Å². The second-order valence-electron chi connectivity index (χ2n) is 6.27. The number of aryl methyl sites for hydroxylation is 1. The zero-order valence-electron chi connectivity index (χ0n) is 13.9. The lowest BCUT2D eigenvalue weighted by Crippen LogP contribution is -2.32. The number of anilines is 1. The van der Waals surface area contributed by atoms with E-state index in [0.717, 1.165) is 36.1 Å². The van der Waals surface area contributed by atoms with Gasteiger partial charge < -0.3 is 4.90 Å². The number of aromatic nitrogens is 2. The van der Waals surface area contributed by atoms with Gasteiger partial charge in [-0.1, -0.05) is 30.3 Å². The summed E-state index contributed by atoms with van der Waals surface area (Å²) in [4.78, 5) is 10.7. The topological polar surface area (TPSA) is 75.2 Å². The maximum Gasteiger partial charge on any atom is 0.225 e. The number of nitrogens with one attached hydrogen (secondary N) is 1. The number of sulfonamides is 1. The van der Waals surface area contributed by atoms with Gasteiger partial charge in [-0.15, -0.1) is 0 Å². The molecule has 0 bridgehead atoms. The highest BCUT2D eigenvalue weighted by Gasteiger charge is 2.26. The lowest BCUT2D eigenvalue weighted by molar-refractivity contribution is 0.499. The van der Waals surface area contributed by atoms with Crippen molar-refractivity contribution in [2.45, 2.75) is 31.1 Å². The van der Waals surface area contributed by atoms with Crippen LogP contribution in [0.5, 0.6) is 0 Å². The molecule has 1 unspecified atom stereocenters. The third-order valence-corrected chi connectivity index (χ3v) is 5.45. The van der Waals surface area contributed by atoms with Crippen molar-refractivity contribution >= 4 is 16.0 Å². The molecule has 1 heterocycles. The number of nitrogens with zero attached hydrogens (tertiary/aromatic N) is 3. The molecule has 6 nitrogen and oxygen atoms in total. The quantitative estimate of drug-likeness (QED) is 0.897. The Morgan fingerprint density at radius 3 is 2.71 bits per heavy atom. The third kappa shape index (κ3) is 3.91. The van der Waals surface area contributed by atoms with Crippen molar-refractivity contribution in [2.75, 3.05) is 19.0 Å². The summed E-state index contributed by atoms with van der Waals surface area (Å²) >= 11 is 0. The van der Waals surface area contributed by atoms with Crippen LogP contribution in [0.25, 0.3) is 0 Å². The van der Waals surface area contributed by atoms with Crippen LogP contribution < -0.4 is 9.62 Å². The molecule has 0 aliphatic heterocycles. The number of hydrogen-bond donors (Lipinski definition) is 1. The van der Waals surface area contributed by atoms with Gasteiger partial charge in [-0.25, -0.2) is 23.1 Å². The van der Waals surface area contributed by atoms with E-state index in [0.29, 0.717) is 5.95 Å². The van der Waals surface area contributed by atoms with E-state index in [1.165, 1.54) is 0 Å². The van der Waals surface area contributed by atoms with Crippen molar-refractivity contribution < 1.29 is 8.42 Å². The molecular weight excluding hydrogens is 324 g/mol. The van der Waals surface area contributed by atoms with Gasteiger partial charge in [0.05, 0.1) is 11.4 Å². The van der Waals surface area contributed by atoms with Crippen molar-refractivity contribution in [1.82, 2.24) is 14.7 Å². The number of hydrogen-bond acceptors (Lipinski definition) is 5. The Hall–Kier alpha value is -1.99. The monoisotopic (exact) mass is 346 g/mol. The molecule has 0 spiro atoms. The van der Waals surface area contributed by atoms with Crippen LogP contribution in [0.4, 0.5) is 5.95 Å². The molecule has 1 aromatic heterocycles. The molecule has 0 saturated carbocycles. The molecule has 24 heavy (non-hydrogen) atoms. The molecule has 1 N–H and O–H groups in total. The largest absolute Gasteiger partial charge is 0.347 e. The van der Waals surface area contributed by atoms with Gasteiger partial charge in [-0.3, -0.25) is 0 Å². The van der Waals surface area contributed by atoms with E-state index in [1.54, 1.807) is 6.20 Å². The average Bonchev–Trinajstić information content (AvgIpc) is 2.54. The maximum absolute atomic E-state index is 12.5. The van der Waals surface area contributed by atoms with E-state index < -0.39 is 10.0 Å². The molecule has 7 heteroatoms. The fourth-order valence-corrected chi connectivity index (χ4v) is 4.32. The van der Waals surface area contributed by atoms with Crippen molar-refractivity contribution in [3.8, 4) is 0 Å². The predicted molar refractivity (Wildman–Crippen MR) is 94.2 cm³/mol. The van der Waals surface area contributed by atoms with Gasteiger partial charge in [0.25, 0.3) is 0 Å². The summed E-state index contributed by atoms with van der Waals surface area (Å²) in [5.41, 5.74) is 2.61. The molecule has 1 atom stereocenters. The summed E-state index contributed by atoms with van der Waals surface area (Å²) in [7, 11) is 0.368. The van der Waals surface area contributed by atoms with Crippen molar-refractivity contribution in [2.24, 2.45) is 0 Å². The van der Waals surface area contributed by atoms with Crippen LogP contribution in [0.2, 0.25) is 0 Å². The highest BCUT2D eigenvalue weighted by Crippen LogP contribution is 2.29.